The van der Waals surface area contributed by atoms with E-state index in [-0.39, 0.29) is 29.9 Å². The molecule has 2 fully saturated rings. The summed E-state index contributed by atoms with van der Waals surface area (Å²) in [5.41, 5.74) is 0.479. The third-order valence-corrected chi connectivity index (χ3v) is 2.99. The summed E-state index contributed by atoms with van der Waals surface area (Å²) in [5, 5.41) is 0. The Kier molecular flexibility index (Phi) is 2.00. The number of carbonyl (C=O) groups excluding carboxylic acids is 1. The second-order valence-electron chi connectivity index (χ2n) is 4.09. The number of carbonyl (C=O) groups is 1. The Morgan fingerprint density at radius 2 is 2.20 bits per heavy atom. The topological polar surface area (TPSA) is 38.8 Å². The Morgan fingerprint density at radius 1 is 1.40 bits per heavy atom. The van der Waals surface area contributed by atoms with Crippen LogP contribution in [0.25, 0.3) is 0 Å². The van der Waals surface area contributed by atoms with Crippen LogP contribution in [0.2, 0.25) is 0 Å². The smallest absolute Gasteiger partial charge is 0.164 e. The van der Waals surface area contributed by atoms with E-state index in [4.69, 9.17) is 9.47 Å². The number of rotatable bonds is 1. The van der Waals surface area contributed by atoms with E-state index in [9.17, 15) is 9.18 Å². The molecule has 3 rings (SSSR count). The summed E-state index contributed by atoms with van der Waals surface area (Å²) in [6.07, 6.45) is 3.20. The molecule has 3 nitrogen and oxygen atoms in total. The van der Waals surface area contributed by atoms with Crippen molar-refractivity contribution < 1.29 is 18.7 Å². The van der Waals surface area contributed by atoms with Gasteiger partial charge in [0.25, 0.3) is 0 Å². The number of epoxide rings is 1. The number of halogens is 1. The molecular formula is C11H11FO3. The van der Waals surface area contributed by atoms with Gasteiger partial charge in [-0.05, 0) is 18.6 Å². The lowest BCUT2D eigenvalue weighted by atomic mass is 9.90. The van der Waals surface area contributed by atoms with Gasteiger partial charge in [-0.3, -0.25) is 4.79 Å². The SMILES string of the molecule is O=C1C[C@H]([C@H]2CO2)OC2CC=C(F)C=C12. The van der Waals surface area contributed by atoms with Crippen LogP contribution in [-0.2, 0) is 14.3 Å². The van der Waals surface area contributed by atoms with Crippen molar-refractivity contribution in [1.82, 2.24) is 0 Å². The zero-order valence-corrected chi connectivity index (χ0v) is 8.11. The second-order valence-corrected chi connectivity index (χ2v) is 4.09. The molecule has 15 heavy (non-hydrogen) atoms. The zero-order chi connectivity index (χ0) is 10.4. The van der Waals surface area contributed by atoms with E-state index in [1.165, 1.54) is 12.2 Å². The molecule has 0 bridgehead atoms. The number of fused-ring (bicyclic) bond motifs is 1. The van der Waals surface area contributed by atoms with Crippen LogP contribution in [0.15, 0.2) is 23.6 Å². The van der Waals surface area contributed by atoms with Gasteiger partial charge in [0.1, 0.15) is 11.9 Å². The fourth-order valence-electron chi connectivity index (χ4n) is 2.08. The molecule has 0 N–H and O–H groups in total. The van der Waals surface area contributed by atoms with Crippen molar-refractivity contribution in [3.05, 3.63) is 23.6 Å². The number of ether oxygens (including phenoxy) is 2. The predicted octanol–water partition coefficient (Wildman–Crippen LogP) is 1.30. The van der Waals surface area contributed by atoms with Gasteiger partial charge < -0.3 is 9.47 Å². The molecule has 4 heteroatoms. The van der Waals surface area contributed by atoms with E-state index >= 15 is 0 Å². The molecule has 0 saturated carbocycles. The average Bonchev–Trinajstić information content (AvgIpc) is 3.02. The average molecular weight is 210 g/mol. The molecule has 3 atom stereocenters. The minimum absolute atomic E-state index is 0.00463. The van der Waals surface area contributed by atoms with Crippen molar-refractivity contribution in [2.45, 2.75) is 31.2 Å². The Morgan fingerprint density at radius 3 is 2.93 bits per heavy atom. The largest absolute Gasteiger partial charge is 0.370 e. The number of Topliss-reactive ketones (excluding diaryl/α,β-unsaturated/α-hetero) is 1. The Balaban J connectivity index is 1.82. The van der Waals surface area contributed by atoms with Gasteiger partial charge in [-0.15, -0.1) is 0 Å². The fraction of sp³-hybridized carbons (Fsp3) is 0.545. The summed E-state index contributed by atoms with van der Waals surface area (Å²) >= 11 is 0. The molecule has 0 spiro atoms. The molecular weight excluding hydrogens is 199 g/mol. The van der Waals surface area contributed by atoms with Gasteiger partial charge in [-0.1, -0.05) is 0 Å². The first-order valence-corrected chi connectivity index (χ1v) is 5.11. The highest BCUT2D eigenvalue weighted by atomic mass is 19.1. The molecule has 0 aromatic rings. The van der Waals surface area contributed by atoms with Gasteiger partial charge in [0.15, 0.2) is 5.78 Å². The number of ketones is 1. The first-order valence-electron chi connectivity index (χ1n) is 5.11. The Labute approximate surface area is 86.5 Å². The number of hydrogen-bond donors (Lipinski definition) is 0. The highest BCUT2D eigenvalue weighted by molar-refractivity contribution is 5.98. The summed E-state index contributed by atoms with van der Waals surface area (Å²) in [5.74, 6) is -0.339. The van der Waals surface area contributed by atoms with Crippen molar-refractivity contribution in [3.8, 4) is 0 Å². The molecule has 0 amide bonds. The molecule has 80 valence electrons. The summed E-state index contributed by atoms with van der Waals surface area (Å²) in [4.78, 5) is 11.7. The number of allylic oxidation sites excluding steroid dienone is 2. The first kappa shape index (κ1) is 9.24. The molecule has 2 aliphatic heterocycles. The van der Waals surface area contributed by atoms with Crippen LogP contribution in [0.3, 0.4) is 0 Å². The summed E-state index contributed by atoms with van der Waals surface area (Å²) in [6.45, 7) is 0.675. The molecule has 2 saturated heterocycles. The summed E-state index contributed by atoms with van der Waals surface area (Å²) in [7, 11) is 0. The normalized spacial score (nSPS) is 39.3. The minimum Gasteiger partial charge on any atom is -0.370 e. The van der Waals surface area contributed by atoms with Crippen molar-refractivity contribution in [3.63, 3.8) is 0 Å². The molecule has 0 radical (unpaired) electrons. The van der Waals surface area contributed by atoms with Crippen LogP contribution in [0.1, 0.15) is 12.8 Å². The van der Waals surface area contributed by atoms with Crippen molar-refractivity contribution in [1.29, 1.82) is 0 Å². The zero-order valence-electron chi connectivity index (χ0n) is 8.11. The van der Waals surface area contributed by atoms with Crippen molar-refractivity contribution in [2.24, 2.45) is 0 Å². The van der Waals surface area contributed by atoms with E-state index in [0.717, 1.165) is 0 Å². The fourth-order valence-corrected chi connectivity index (χ4v) is 2.08. The lowest BCUT2D eigenvalue weighted by Crippen LogP contribution is -2.39. The van der Waals surface area contributed by atoms with Gasteiger partial charge in [-0.2, -0.15) is 0 Å². The van der Waals surface area contributed by atoms with Crippen molar-refractivity contribution >= 4 is 5.78 Å². The molecule has 0 aromatic carbocycles. The van der Waals surface area contributed by atoms with Crippen LogP contribution >= 0.6 is 0 Å². The lowest BCUT2D eigenvalue weighted by molar-refractivity contribution is -0.127. The molecule has 1 aliphatic carbocycles. The predicted molar refractivity (Wildman–Crippen MR) is 49.9 cm³/mol. The van der Waals surface area contributed by atoms with E-state index in [1.807, 2.05) is 0 Å². The third-order valence-electron chi connectivity index (χ3n) is 2.99. The Hall–Kier alpha value is -1.00. The highest BCUT2D eigenvalue weighted by Crippen LogP contribution is 2.33. The van der Waals surface area contributed by atoms with Crippen LogP contribution in [0, 0.1) is 0 Å². The third kappa shape index (κ3) is 1.64. The summed E-state index contributed by atoms with van der Waals surface area (Å²) < 4.78 is 23.8. The van der Waals surface area contributed by atoms with Crippen molar-refractivity contribution in [2.75, 3.05) is 6.61 Å². The van der Waals surface area contributed by atoms with E-state index < -0.39 is 0 Å². The Bertz CT molecular complexity index is 368. The maximum atomic E-state index is 12.9. The van der Waals surface area contributed by atoms with E-state index in [0.29, 0.717) is 25.0 Å². The molecule has 2 heterocycles. The highest BCUT2D eigenvalue weighted by Gasteiger charge is 2.42. The monoisotopic (exact) mass is 210 g/mol. The summed E-state index contributed by atoms with van der Waals surface area (Å²) in [6, 6.07) is 0. The molecule has 1 unspecified atom stereocenters. The standard InChI is InChI=1S/C11H11FO3/c12-6-1-2-9-7(3-6)8(13)4-10(15-9)11-5-14-11/h1,3,9-11H,2,4-5H2/t9?,10-,11-/m1/s1. The maximum Gasteiger partial charge on any atom is 0.164 e. The van der Waals surface area contributed by atoms with Gasteiger partial charge in [-0.25, -0.2) is 4.39 Å². The minimum atomic E-state index is -0.334. The van der Waals surface area contributed by atoms with Crippen LogP contribution in [-0.4, -0.2) is 30.7 Å². The first-order chi connectivity index (χ1) is 7.24. The van der Waals surface area contributed by atoms with Crippen LogP contribution < -0.4 is 0 Å². The van der Waals surface area contributed by atoms with Gasteiger partial charge in [0.05, 0.1) is 18.8 Å². The van der Waals surface area contributed by atoms with Gasteiger partial charge in [0.2, 0.25) is 0 Å². The maximum absolute atomic E-state index is 12.9. The van der Waals surface area contributed by atoms with E-state index in [1.54, 1.807) is 0 Å². The lowest BCUT2D eigenvalue weighted by Gasteiger charge is -2.31. The molecule has 3 aliphatic rings. The van der Waals surface area contributed by atoms with E-state index in [2.05, 4.69) is 0 Å². The quantitative estimate of drug-likeness (QED) is 0.612. The van der Waals surface area contributed by atoms with Crippen LogP contribution in [0.4, 0.5) is 4.39 Å². The van der Waals surface area contributed by atoms with Gasteiger partial charge >= 0.3 is 0 Å². The van der Waals surface area contributed by atoms with Crippen LogP contribution in [0.5, 0.6) is 0 Å². The second kappa shape index (κ2) is 3.25. The number of hydrogen-bond acceptors (Lipinski definition) is 3. The molecule has 0 aromatic heterocycles. The van der Waals surface area contributed by atoms with Gasteiger partial charge in [0, 0.05) is 12.0 Å².